The van der Waals surface area contributed by atoms with Crippen molar-refractivity contribution in [1.29, 1.82) is 0 Å². The summed E-state index contributed by atoms with van der Waals surface area (Å²) in [5.41, 5.74) is 12.2. The minimum absolute atomic E-state index is 1.17. The third-order valence-electron chi connectivity index (χ3n) is 6.28. The molecule has 0 aromatic carbocycles. The Hall–Kier alpha value is -2.28. The summed E-state index contributed by atoms with van der Waals surface area (Å²) in [6.07, 6.45) is 28.2. The Bertz CT molecular complexity index is 937. The van der Waals surface area contributed by atoms with Gasteiger partial charge >= 0.3 is 0 Å². The lowest BCUT2D eigenvalue weighted by atomic mass is 9.85. The van der Waals surface area contributed by atoms with Crippen molar-refractivity contribution in [2.75, 3.05) is 0 Å². The summed E-state index contributed by atoms with van der Waals surface area (Å²) in [4.78, 5) is 0. The summed E-state index contributed by atoms with van der Waals surface area (Å²) in [6, 6.07) is 0. The zero-order chi connectivity index (χ0) is 17.5. The minimum atomic E-state index is 1.17. The maximum Gasteiger partial charge on any atom is 0.0308 e. The first-order valence-corrected chi connectivity index (χ1v) is 10.2. The van der Waals surface area contributed by atoms with Crippen LogP contribution in [0.4, 0.5) is 0 Å². The highest BCUT2D eigenvalue weighted by molar-refractivity contribution is 5.78. The molecule has 1 aromatic heterocycles. The van der Waals surface area contributed by atoms with E-state index in [9.17, 15) is 0 Å². The van der Waals surface area contributed by atoms with Gasteiger partial charge in [0, 0.05) is 28.2 Å². The zero-order valence-electron chi connectivity index (χ0n) is 15.7. The van der Waals surface area contributed by atoms with Gasteiger partial charge < -0.3 is 4.57 Å². The molecule has 0 atom stereocenters. The number of nitrogens with zero attached hydrogens (tertiary/aromatic N) is 1. The second-order valence-corrected chi connectivity index (χ2v) is 8.00. The zero-order valence-corrected chi connectivity index (χ0v) is 15.7. The topological polar surface area (TPSA) is 4.93 Å². The Balaban J connectivity index is 1.64. The predicted molar refractivity (Wildman–Crippen MR) is 112 cm³/mol. The fourth-order valence-corrected chi connectivity index (χ4v) is 4.86. The van der Waals surface area contributed by atoms with Gasteiger partial charge in [-0.2, -0.15) is 0 Å². The van der Waals surface area contributed by atoms with Crippen LogP contribution in [0, 0.1) is 0 Å². The largest absolute Gasteiger partial charge is 0.320 e. The van der Waals surface area contributed by atoms with Gasteiger partial charge in [-0.1, -0.05) is 42.0 Å². The SMILES string of the molecule is CC1=CC=C(C2=Cc3c4c(n(C5=CC=CCC5)c3CC2)CCC=C4)CC1. The molecule has 132 valence electrons. The lowest BCUT2D eigenvalue weighted by molar-refractivity contribution is 0.781. The van der Waals surface area contributed by atoms with E-state index in [1.165, 1.54) is 73.8 Å². The maximum atomic E-state index is 2.63. The van der Waals surface area contributed by atoms with Crippen molar-refractivity contribution in [3.8, 4) is 0 Å². The normalized spacial score (nSPS) is 21.4. The fourth-order valence-electron chi connectivity index (χ4n) is 4.86. The smallest absolute Gasteiger partial charge is 0.0308 e. The number of hydrogen-bond acceptors (Lipinski definition) is 0. The third-order valence-corrected chi connectivity index (χ3v) is 6.28. The first kappa shape index (κ1) is 15.9. The number of rotatable bonds is 2. The minimum Gasteiger partial charge on any atom is -0.320 e. The van der Waals surface area contributed by atoms with Gasteiger partial charge in [0.05, 0.1) is 0 Å². The van der Waals surface area contributed by atoms with Crippen molar-refractivity contribution in [2.24, 2.45) is 0 Å². The molecule has 1 nitrogen and oxygen atoms in total. The number of allylic oxidation sites excluding steroid dienone is 10. The van der Waals surface area contributed by atoms with Gasteiger partial charge in [0.2, 0.25) is 0 Å². The fraction of sp³-hybridized carbons (Fsp3) is 0.360. The van der Waals surface area contributed by atoms with Gasteiger partial charge in [-0.05, 0) is 81.6 Å². The summed E-state index contributed by atoms with van der Waals surface area (Å²) >= 11 is 0. The first-order valence-electron chi connectivity index (χ1n) is 10.2. The van der Waals surface area contributed by atoms with E-state index in [0.29, 0.717) is 0 Å². The lowest BCUT2D eigenvalue weighted by Crippen LogP contribution is -2.11. The average Bonchev–Trinajstić information content (AvgIpc) is 3.03. The molecule has 0 fully saturated rings. The van der Waals surface area contributed by atoms with Gasteiger partial charge in [0.1, 0.15) is 0 Å². The highest BCUT2D eigenvalue weighted by atomic mass is 15.0. The Morgan fingerprint density at radius 1 is 0.731 bits per heavy atom. The summed E-state index contributed by atoms with van der Waals surface area (Å²) < 4.78 is 2.63. The molecule has 0 spiro atoms. The van der Waals surface area contributed by atoms with E-state index >= 15 is 0 Å². The molecule has 1 heterocycles. The van der Waals surface area contributed by atoms with Crippen LogP contribution in [0.3, 0.4) is 0 Å². The van der Waals surface area contributed by atoms with Crippen molar-refractivity contribution in [3.63, 3.8) is 0 Å². The van der Waals surface area contributed by atoms with Gasteiger partial charge in [-0.15, -0.1) is 0 Å². The van der Waals surface area contributed by atoms with Gasteiger partial charge in [0.25, 0.3) is 0 Å². The van der Waals surface area contributed by atoms with E-state index in [2.05, 4.69) is 60.1 Å². The summed E-state index contributed by atoms with van der Waals surface area (Å²) in [5, 5.41) is 0. The summed E-state index contributed by atoms with van der Waals surface area (Å²) in [6.45, 7) is 2.24. The van der Waals surface area contributed by atoms with Crippen LogP contribution in [-0.2, 0) is 12.8 Å². The van der Waals surface area contributed by atoms with Crippen molar-refractivity contribution < 1.29 is 0 Å². The molecule has 0 N–H and O–H groups in total. The van der Waals surface area contributed by atoms with E-state index < -0.39 is 0 Å². The summed E-state index contributed by atoms with van der Waals surface area (Å²) in [7, 11) is 0. The Morgan fingerprint density at radius 3 is 2.38 bits per heavy atom. The van der Waals surface area contributed by atoms with Crippen LogP contribution < -0.4 is 0 Å². The van der Waals surface area contributed by atoms with Gasteiger partial charge in [-0.3, -0.25) is 0 Å². The first-order chi connectivity index (χ1) is 12.8. The lowest BCUT2D eigenvalue weighted by Gasteiger charge is -2.23. The van der Waals surface area contributed by atoms with Crippen LogP contribution in [0.1, 0.15) is 68.0 Å². The molecule has 5 rings (SSSR count). The molecule has 1 heteroatoms. The van der Waals surface area contributed by atoms with Crippen LogP contribution >= 0.6 is 0 Å². The van der Waals surface area contributed by atoms with Crippen molar-refractivity contribution >= 4 is 17.8 Å². The molecular formula is C25H27N. The molecule has 0 saturated carbocycles. The Kier molecular flexibility index (Phi) is 3.96. The van der Waals surface area contributed by atoms with E-state index in [-0.39, 0.29) is 0 Å². The van der Waals surface area contributed by atoms with E-state index in [1.54, 1.807) is 22.5 Å². The quantitative estimate of drug-likeness (QED) is 0.568. The molecule has 0 bridgehead atoms. The van der Waals surface area contributed by atoms with Crippen LogP contribution in [0.5, 0.6) is 0 Å². The van der Waals surface area contributed by atoms with Crippen molar-refractivity contribution in [1.82, 2.24) is 4.57 Å². The van der Waals surface area contributed by atoms with E-state index in [1.807, 2.05) is 0 Å². The number of aromatic nitrogens is 1. The third kappa shape index (κ3) is 2.61. The van der Waals surface area contributed by atoms with Gasteiger partial charge in [-0.25, -0.2) is 0 Å². The molecule has 0 saturated heterocycles. The molecule has 0 unspecified atom stereocenters. The maximum absolute atomic E-state index is 2.63. The molecule has 0 radical (unpaired) electrons. The summed E-state index contributed by atoms with van der Waals surface area (Å²) in [5.74, 6) is 0. The van der Waals surface area contributed by atoms with E-state index in [0.717, 1.165) is 0 Å². The van der Waals surface area contributed by atoms with Crippen LogP contribution in [0.25, 0.3) is 17.8 Å². The molecule has 26 heavy (non-hydrogen) atoms. The average molecular weight is 341 g/mol. The molecular weight excluding hydrogens is 314 g/mol. The standard InChI is InChI=1S/C25H27N/c1-18-11-13-19(14-12-18)20-15-16-25-23(17-20)22-9-5-6-10-24(22)26(25)21-7-3-2-4-8-21/h2-3,5,7,9,11,13,17H,4,6,8,10,12,14-16H2,1H3. The Morgan fingerprint density at radius 2 is 1.58 bits per heavy atom. The second kappa shape index (κ2) is 6.46. The predicted octanol–water partition coefficient (Wildman–Crippen LogP) is 6.63. The van der Waals surface area contributed by atoms with Crippen LogP contribution in [0.2, 0.25) is 0 Å². The van der Waals surface area contributed by atoms with Crippen LogP contribution in [-0.4, -0.2) is 4.57 Å². The highest BCUT2D eigenvalue weighted by Gasteiger charge is 2.26. The molecule has 0 amide bonds. The monoisotopic (exact) mass is 341 g/mol. The van der Waals surface area contributed by atoms with Gasteiger partial charge in [0.15, 0.2) is 0 Å². The van der Waals surface area contributed by atoms with E-state index in [4.69, 9.17) is 0 Å². The molecule has 0 aliphatic heterocycles. The van der Waals surface area contributed by atoms with Crippen molar-refractivity contribution in [2.45, 2.75) is 58.3 Å². The Labute approximate surface area is 156 Å². The molecule has 4 aliphatic carbocycles. The second-order valence-electron chi connectivity index (χ2n) is 8.00. The number of fused-ring (bicyclic) bond motifs is 3. The highest BCUT2D eigenvalue weighted by Crippen LogP contribution is 2.40. The molecule has 4 aliphatic rings. The van der Waals surface area contributed by atoms with Crippen LogP contribution in [0.15, 0.2) is 53.2 Å². The molecule has 1 aromatic rings. The van der Waals surface area contributed by atoms with Crippen molar-refractivity contribution in [3.05, 3.63) is 75.7 Å². The number of hydrogen-bond donors (Lipinski definition) is 0.